The molecule has 0 atom stereocenters. The van der Waals surface area contributed by atoms with Crippen LogP contribution in [0.4, 0.5) is 0 Å². The summed E-state index contributed by atoms with van der Waals surface area (Å²) in [5, 5.41) is 0. The lowest BCUT2D eigenvalue weighted by molar-refractivity contribution is 1.07. The molecule has 54 valence electrons. The Labute approximate surface area is 75.2 Å². The van der Waals surface area contributed by atoms with E-state index in [4.69, 9.17) is 0 Å². The summed E-state index contributed by atoms with van der Waals surface area (Å²) in [4.78, 5) is 1.07. The summed E-state index contributed by atoms with van der Waals surface area (Å²) in [5.74, 6) is 0. The van der Waals surface area contributed by atoms with Gasteiger partial charge in [-0.15, -0.1) is 12.6 Å². The van der Waals surface area contributed by atoms with E-state index in [0.717, 1.165) is 15.8 Å². The molecule has 0 fully saturated rings. The fourth-order valence-electron chi connectivity index (χ4n) is 0.897. The minimum atomic E-state index is 1.03. The van der Waals surface area contributed by atoms with Crippen molar-refractivity contribution < 1.29 is 0 Å². The number of halogens is 1. The van der Waals surface area contributed by atoms with Gasteiger partial charge >= 0.3 is 0 Å². The zero-order chi connectivity index (χ0) is 7.56. The molecule has 1 aromatic carbocycles. The molecule has 0 saturated carbocycles. The first kappa shape index (κ1) is 8.15. The molecule has 0 amide bonds. The van der Waals surface area contributed by atoms with Crippen LogP contribution in [0.25, 0.3) is 0 Å². The molecular weight excluding hydrogens is 208 g/mol. The zero-order valence-corrected chi connectivity index (χ0v) is 8.24. The van der Waals surface area contributed by atoms with Gasteiger partial charge in [0.05, 0.1) is 0 Å². The molecule has 10 heavy (non-hydrogen) atoms. The molecule has 0 aliphatic carbocycles. The summed E-state index contributed by atoms with van der Waals surface area (Å²) >= 11 is 7.78. The van der Waals surface area contributed by atoms with Crippen molar-refractivity contribution in [2.45, 2.75) is 18.2 Å². The Kier molecular flexibility index (Phi) is 2.81. The Morgan fingerprint density at radius 2 is 2.20 bits per heavy atom. The normalized spacial score (nSPS) is 9.90. The van der Waals surface area contributed by atoms with Crippen LogP contribution in [0.5, 0.6) is 0 Å². The number of benzene rings is 1. The van der Waals surface area contributed by atoms with Crippen molar-refractivity contribution in [1.29, 1.82) is 0 Å². The van der Waals surface area contributed by atoms with E-state index in [1.165, 1.54) is 5.56 Å². The third kappa shape index (κ3) is 1.55. The van der Waals surface area contributed by atoms with E-state index < -0.39 is 0 Å². The van der Waals surface area contributed by atoms with Crippen LogP contribution in [-0.4, -0.2) is 0 Å². The predicted octanol–water partition coefficient (Wildman–Crippen LogP) is 3.30. The van der Waals surface area contributed by atoms with Crippen molar-refractivity contribution in [1.82, 2.24) is 0 Å². The standard InChI is InChI=1S/C8H9BrS/c1-2-6-7(9)4-3-5-8(6)10/h3-5,10H,2H2,1H3. The Balaban J connectivity index is 3.17. The molecule has 0 N–H and O–H groups in total. The molecule has 1 rings (SSSR count). The summed E-state index contributed by atoms with van der Waals surface area (Å²) in [7, 11) is 0. The molecule has 0 aliphatic rings. The average molecular weight is 217 g/mol. The summed E-state index contributed by atoms with van der Waals surface area (Å²) in [5.41, 5.74) is 1.28. The summed E-state index contributed by atoms with van der Waals surface area (Å²) in [6.45, 7) is 2.12. The number of hydrogen-bond donors (Lipinski definition) is 1. The second kappa shape index (κ2) is 3.44. The lowest BCUT2D eigenvalue weighted by Crippen LogP contribution is -1.83. The second-order valence-electron chi connectivity index (χ2n) is 2.09. The minimum Gasteiger partial charge on any atom is -0.143 e. The van der Waals surface area contributed by atoms with Gasteiger partial charge < -0.3 is 0 Å². The molecule has 1 aromatic rings. The third-order valence-corrected chi connectivity index (χ3v) is 2.61. The van der Waals surface area contributed by atoms with Crippen molar-refractivity contribution in [3.05, 3.63) is 28.2 Å². The van der Waals surface area contributed by atoms with Crippen LogP contribution < -0.4 is 0 Å². The van der Waals surface area contributed by atoms with Gasteiger partial charge in [-0.3, -0.25) is 0 Å². The maximum atomic E-state index is 4.32. The molecular formula is C8H9BrS. The maximum absolute atomic E-state index is 4.32. The number of hydrogen-bond acceptors (Lipinski definition) is 1. The van der Waals surface area contributed by atoms with E-state index in [-0.39, 0.29) is 0 Å². The topological polar surface area (TPSA) is 0 Å². The van der Waals surface area contributed by atoms with E-state index in [9.17, 15) is 0 Å². The fourth-order valence-corrected chi connectivity index (χ4v) is 2.06. The van der Waals surface area contributed by atoms with Gasteiger partial charge in [0.2, 0.25) is 0 Å². The van der Waals surface area contributed by atoms with E-state index >= 15 is 0 Å². The molecule has 0 bridgehead atoms. The van der Waals surface area contributed by atoms with Crippen molar-refractivity contribution in [2.24, 2.45) is 0 Å². The van der Waals surface area contributed by atoms with Crippen LogP contribution in [0.15, 0.2) is 27.6 Å². The first-order chi connectivity index (χ1) is 4.75. The van der Waals surface area contributed by atoms with Gasteiger partial charge in [-0.25, -0.2) is 0 Å². The molecule has 0 aromatic heterocycles. The van der Waals surface area contributed by atoms with E-state index in [1.54, 1.807) is 0 Å². The zero-order valence-electron chi connectivity index (χ0n) is 5.76. The minimum absolute atomic E-state index is 1.03. The SMILES string of the molecule is CCc1c(S)cccc1Br. The highest BCUT2D eigenvalue weighted by molar-refractivity contribution is 9.10. The maximum Gasteiger partial charge on any atom is 0.0218 e. The quantitative estimate of drug-likeness (QED) is 0.685. The highest BCUT2D eigenvalue weighted by Gasteiger charge is 1.98. The van der Waals surface area contributed by atoms with E-state index in [1.807, 2.05) is 18.2 Å². The monoisotopic (exact) mass is 216 g/mol. The fraction of sp³-hybridized carbons (Fsp3) is 0.250. The van der Waals surface area contributed by atoms with Gasteiger partial charge in [-0.05, 0) is 24.1 Å². The second-order valence-corrected chi connectivity index (χ2v) is 3.43. The Morgan fingerprint density at radius 1 is 1.50 bits per heavy atom. The Hall–Kier alpha value is 0.0500. The Bertz CT molecular complexity index is 212. The molecule has 0 saturated heterocycles. The first-order valence-corrected chi connectivity index (χ1v) is 4.46. The van der Waals surface area contributed by atoms with Crippen LogP contribution in [0.2, 0.25) is 0 Å². The lowest BCUT2D eigenvalue weighted by atomic mass is 10.2. The highest BCUT2D eigenvalue weighted by atomic mass is 79.9. The van der Waals surface area contributed by atoms with Gasteiger partial charge in [0.25, 0.3) is 0 Å². The third-order valence-electron chi connectivity index (χ3n) is 1.45. The van der Waals surface area contributed by atoms with Crippen molar-refractivity contribution in [2.75, 3.05) is 0 Å². The average Bonchev–Trinajstić information content (AvgIpc) is 1.88. The predicted molar refractivity (Wildman–Crippen MR) is 50.8 cm³/mol. The van der Waals surface area contributed by atoms with Crippen molar-refractivity contribution >= 4 is 28.6 Å². The molecule has 0 radical (unpaired) electrons. The largest absolute Gasteiger partial charge is 0.143 e. The molecule has 0 heterocycles. The first-order valence-electron chi connectivity index (χ1n) is 3.22. The van der Waals surface area contributed by atoms with Crippen molar-refractivity contribution in [3.8, 4) is 0 Å². The molecule has 0 nitrogen and oxygen atoms in total. The van der Waals surface area contributed by atoms with Crippen LogP contribution in [0.3, 0.4) is 0 Å². The molecule has 0 aliphatic heterocycles. The summed E-state index contributed by atoms with van der Waals surface area (Å²) < 4.78 is 1.16. The smallest absolute Gasteiger partial charge is 0.0218 e. The van der Waals surface area contributed by atoms with Gasteiger partial charge in [0, 0.05) is 9.37 Å². The van der Waals surface area contributed by atoms with Crippen LogP contribution in [0, 0.1) is 0 Å². The van der Waals surface area contributed by atoms with Gasteiger partial charge in [0.1, 0.15) is 0 Å². The number of thiol groups is 1. The summed E-state index contributed by atoms with van der Waals surface area (Å²) in [6.07, 6.45) is 1.03. The summed E-state index contributed by atoms with van der Waals surface area (Å²) in [6, 6.07) is 6.04. The Morgan fingerprint density at radius 3 is 2.60 bits per heavy atom. The van der Waals surface area contributed by atoms with Crippen LogP contribution in [0.1, 0.15) is 12.5 Å². The van der Waals surface area contributed by atoms with Gasteiger partial charge in [-0.1, -0.05) is 28.9 Å². The number of rotatable bonds is 1. The van der Waals surface area contributed by atoms with Crippen molar-refractivity contribution in [3.63, 3.8) is 0 Å². The van der Waals surface area contributed by atoms with E-state index in [0.29, 0.717) is 0 Å². The van der Waals surface area contributed by atoms with Crippen LogP contribution >= 0.6 is 28.6 Å². The highest BCUT2D eigenvalue weighted by Crippen LogP contribution is 2.23. The molecule has 0 unspecified atom stereocenters. The molecule has 0 spiro atoms. The van der Waals surface area contributed by atoms with Crippen LogP contribution in [-0.2, 0) is 6.42 Å². The van der Waals surface area contributed by atoms with Gasteiger partial charge in [-0.2, -0.15) is 0 Å². The van der Waals surface area contributed by atoms with Gasteiger partial charge in [0.15, 0.2) is 0 Å². The lowest BCUT2D eigenvalue weighted by Gasteiger charge is -2.02. The van der Waals surface area contributed by atoms with E-state index in [2.05, 4.69) is 35.5 Å². The molecule has 2 heteroatoms.